The van der Waals surface area contributed by atoms with Gasteiger partial charge in [-0.15, -0.1) is 0 Å². The van der Waals surface area contributed by atoms with Crippen LogP contribution >= 0.6 is 0 Å². The molecule has 1 amide bonds. The Morgan fingerprint density at radius 2 is 2.07 bits per heavy atom. The first-order valence-electron chi connectivity index (χ1n) is 5.73. The van der Waals surface area contributed by atoms with Crippen molar-refractivity contribution >= 4 is 5.91 Å². The molecule has 1 fully saturated rings. The predicted octanol–water partition coefficient (Wildman–Crippen LogP) is 0.135. The summed E-state index contributed by atoms with van der Waals surface area (Å²) in [6.07, 6.45) is 3.03. The summed E-state index contributed by atoms with van der Waals surface area (Å²) in [6.45, 7) is 4.30. The van der Waals surface area contributed by atoms with Gasteiger partial charge in [0.1, 0.15) is 0 Å². The zero-order valence-corrected chi connectivity index (χ0v) is 9.91. The number of likely N-dealkylation sites (tertiary alicyclic amines) is 1. The van der Waals surface area contributed by atoms with Crippen LogP contribution < -0.4 is 5.73 Å². The third-order valence-electron chi connectivity index (χ3n) is 3.15. The molecule has 1 aliphatic heterocycles. The molecule has 0 unspecified atom stereocenters. The van der Waals surface area contributed by atoms with Crippen molar-refractivity contribution in [2.24, 2.45) is 11.7 Å². The van der Waals surface area contributed by atoms with Gasteiger partial charge in [-0.1, -0.05) is 0 Å². The quantitative estimate of drug-likeness (QED) is 0.706. The molecule has 0 bridgehead atoms. The Labute approximate surface area is 92.4 Å². The first-order valence-corrected chi connectivity index (χ1v) is 5.73. The lowest BCUT2D eigenvalue weighted by Gasteiger charge is -2.31. The first kappa shape index (κ1) is 12.5. The van der Waals surface area contributed by atoms with Crippen LogP contribution in [-0.2, 0) is 4.79 Å². The highest BCUT2D eigenvalue weighted by Crippen LogP contribution is 2.16. The van der Waals surface area contributed by atoms with Crippen molar-refractivity contribution in [1.29, 1.82) is 0 Å². The van der Waals surface area contributed by atoms with Crippen molar-refractivity contribution in [3.05, 3.63) is 0 Å². The van der Waals surface area contributed by atoms with Gasteiger partial charge in [-0.05, 0) is 45.9 Å². The second-order valence-electron chi connectivity index (χ2n) is 4.73. The smallest absolute Gasteiger partial charge is 0.218 e. The van der Waals surface area contributed by atoms with E-state index in [9.17, 15) is 4.79 Å². The van der Waals surface area contributed by atoms with Crippen molar-refractivity contribution in [3.63, 3.8) is 0 Å². The van der Waals surface area contributed by atoms with Crippen molar-refractivity contribution in [3.8, 4) is 0 Å². The highest BCUT2D eigenvalue weighted by Gasteiger charge is 2.17. The van der Waals surface area contributed by atoms with Gasteiger partial charge < -0.3 is 15.5 Å². The molecule has 0 aromatic rings. The van der Waals surface area contributed by atoms with Gasteiger partial charge in [0.2, 0.25) is 5.91 Å². The van der Waals surface area contributed by atoms with E-state index in [1.807, 2.05) is 0 Å². The van der Waals surface area contributed by atoms with Crippen molar-refractivity contribution in [2.75, 3.05) is 40.3 Å². The average Bonchev–Trinajstić information content (AvgIpc) is 2.19. The summed E-state index contributed by atoms with van der Waals surface area (Å²) in [7, 11) is 4.24. The minimum Gasteiger partial charge on any atom is -0.370 e. The van der Waals surface area contributed by atoms with Crippen LogP contribution in [0.2, 0.25) is 0 Å². The predicted molar refractivity (Wildman–Crippen MR) is 61.5 cm³/mol. The first-order chi connectivity index (χ1) is 7.08. The Balaban J connectivity index is 2.14. The fourth-order valence-corrected chi connectivity index (χ4v) is 2.08. The summed E-state index contributed by atoms with van der Waals surface area (Å²) < 4.78 is 0. The number of primary amides is 1. The van der Waals surface area contributed by atoms with Gasteiger partial charge in [0, 0.05) is 19.5 Å². The van der Waals surface area contributed by atoms with Crippen molar-refractivity contribution < 1.29 is 4.79 Å². The summed E-state index contributed by atoms with van der Waals surface area (Å²) in [6, 6.07) is 0. The number of amides is 1. The van der Waals surface area contributed by atoms with E-state index >= 15 is 0 Å². The summed E-state index contributed by atoms with van der Waals surface area (Å²) in [5.74, 6) is 0.587. The monoisotopic (exact) mass is 213 g/mol. The van der Waals surface area contributed by atoms with Crippen LogP contribution in [0.3, 0.4) is 0 Å². The van der Waals surface area contributed by atoms with E-state index in [1.165, 1.54) is 25.9 Å². The molecule has 0 atom stereocenters. The van der Waals surface area contributed by atoms with E-state index in [0.29, 0.717) is 6.42 Å². The Morgan fingerprint density at radius 3 is 2.60 bits per heavy atom. The molecule has 4 heteroatoms. The molecule has 2 N–H and O–H groups in total. The zero-order valence-electron chi connectivity index (χ0n) is 9.91. The van der Waals surface area contributed by atoms with E-state index in [2.05, 4.69) is 23.9 Å². The summed E-state index contributed by atoms with van der Waals surface area (Å²) in [5.41, 5.74) is 5.12. The minimum absolute atomic E-state index is 0.203. The maximum absolute atomic E-state index is 10.6. The summed E-state index contributed by atoms with van der Waals surface area (Å²) in [4.78, 5) is 15.2. The van der Waals surface area contributed by atoms with E-state index < -0.39 is 0 Å². The van der Waals surface area contributed by atoms with E-state index in [1.54, 1.807) is 0 Å². The summed E-state index contributed by atoms with van der Waals surface area (Å²) >= 11 is 0. The van der Waals surface area contributed by atoms with E-state index in [4.69, 9.17) is 5.73 Å². The van der Waals surface area contributed by atoms with Crippen molar-refractivity contribution in [1.82, 2.24) is 9.80 Å². The number of piperidine rings is 1. The van der Waals surface area contributed by atoms with Crippen LogP contribution in [0, 0.1) is 5.92 Å². The van der Waals surface area contributed by atoms with E-state index in [-0.39, 0.29) is 5.91 Å². The van der Waals surface area contributed by atoms with Crippen LogP contribution in [0.25, 0.3) is 0 Å². The molecule has 4 nitrogen and oxygen atoms in total. The molecule has 0 aliphatic carbocycles. The zero-order chi connectivity index (χ0) is 11.3. The van der Waals surface area contributed by atoms with Gasteiger partial charge in [0.15, 0.2) is 0 Å². The fraction of sp³-hybridized carbons (Fsp3) is 0.909. The summed E-state index contributed by atoms with van der Waals surface area (Å²) in [5, 5.41) is 0. The second-order valence-corrected chi connectivity index (χ2v) is 4.73. The highest BCUT2D eigenvalue weighted by atomic mass is 16.1. The molecule has 1 aliphatic rings. The Morgan fingerprint density at radius 1 is 1.47 bits per heavy atom. The molecule has 88 valence electrons. The van der Waals surface area contributed by atoms with Gasteiger partial charge >= 0.3 is 0 Å². The lowest BCUT2D eigenvalue weighted by Crippen LogP contribution is -2.36. The molecule has 0 radical (unpaired) electrons. The van der Waals surface area contributed by atoms with E-state index in [0.717, 1.165) is 19.0 Å². The molecular weight excluding hydrogens is 190 g/mol. The SMILES string of the molecule is CN1CCC(CN(C)CCC(N)=O)CC1. The van der Waals surface area contributed by atoms with Gasteiger partial charge in [-0.25, -0.2) is 0 Å². The third-order valence-corrected chi connectivity index (χ3v) is 3.15. The molecular formula is C11H23N3O. The van der Waals surface area contributed by atoms with Crippen LogP contribution in [-0.4, -0.2) is 56.0 Å². The Kier molecular flexibility index (Phi) is 5.05. The normalized spacial score (nSPS) is 19.7. The van der Waals surface area contributed by atoms with Gasteiger partial charge in [-0.3, -0.25) is 4.79 Å². The van der Waals surface area contributed by atoms with Gasteiger partial charge in [0.25, 0.3) is 0 Å². The maximum Gasteiger partial charge on any atom is 0.218 e. The lowest BCUT2D eigenvalue weighted by atomic mass is 9.97. The minimum atomic E-state index is -0.203. The molecule has 0 spiro atoms. The molecule has 15 heavy (non-hydrogen) atoms. The van der Waals surface area contributed by atoms with Gasteiger partial charge in [-0.2, -0.15) is 0 Å². The number of hydrogen-bond donors (Lipinski definition) is 1. The number of nitrogens with zero attached hydrogens (tertiary/aromatic N) is 2. The second kappa shape index (κ2) is 6.08. The Hall–Kier alpha value is -0.610. The number of nitrogens with two attached hydrogens (primary N) is 1. The number of carbonyl (C=O) groups is 1. The average molecular weight is 213 g/mol. The molecule has 0 aromatic heterocycles. The number of hydrogen-bond acceptors (Lipinski definition) is 3. The standard InChI is InChI=1S/C11H23N3O/c1-13-6-3-10(4-7-13)9-14(2)8-5-11(12)15/h10H,3-9H2,1-2H3,(H2,12,15). The fourth-order valence-electron chi connectivity index (χ4n) is 2.08. The maximum atomic E-state index is 10.6. The van der Waals surface area contributed by atoms with Crippen LogP contribution in [0.15, 0.2) is 0 Å². The molecule has 1 rings (SSSR count). The van der Waals surface area contributed by atoms with Crippen LogP contribution in [0.4, 0.5) is 0 Å². The topological polar surface area (TPSA) is 49.6 Å². The third kappa shape index (κ3) is 5.14. The van der Waals surface area contributed by atoms with Crippen LogP contribution in [0.1, 0.15) is 19.3 Å². The molecule has 1 saturated heterocycles. The highest BCUT2D eigenvalue weighted by molar-refractivity contribution is 5.73. The largest absolute Gasteiger partial charge is 0.370 e. The van der Waals surface area contributed by atoms with Crippen LogP contribution in [0.5, 0.6) is 0 Å². The molecule has 0 saturated carbocycles. The van der Waals surface area contributed by atoms with Gasteiger partial charge in [0.05, 0.1) is 0 Å². The van der Waals surface area contributed by atoms with Crippen molar-refractivity contribution in [2.45, 2.75) is 19.3 Å². The molecule has 1 heterocycles. The Bertz CT molecular complexity index is 200. The number of carbonyl (C=O) groups excluding carboxylic acids is 1. The number of rotatable bonds is 5. The molecule has 0 aromatic carbocycles. The lowest BCUT2D eigenvalue weighted by molar-refractivity contribution is -0.118.